The molecular weight excluding hydrogens is 226 g/mol. The van der Waals surface area contributed by atoms with Crippen molar-refractivity contribution in [3.8, 4) is 0 Å². The highest BCUT2D eigenvalue weighted by Crippen LogP contribution is 1.93. The van der Waals surface area contributed by atoms with Gasteiger partial charge in [-0.05, 0) is 19.0 Å². The normalized spacial score (nSPS) is 11.6. The zero-order valence-electron chi connectivity index (χ0n) is 9.39. The van der Waals surface area contributed by atoms with Crippen LogP contribution in [0.5, 0.6) is 0 Å². The molecule has 0 radical (unpaired) electrons. The van der Waals surface area contributed by atoms with E-state index in [2.05, 4.69) is 15.3 Å². The second kappa shape index (κ2) is 6.55. The van der Waals surface area contributed by atoms with Gasteiger partial charge in [0.15, 0.2) is 0 Å². The van der Waals surface area contributed by atoms with E-state index in [9.17, 15) is 8.42 Å². The molecule has 1 aromatic rings. The molecule has 16 heavy (non-hydrogen) atoms. The molecule has 0 saturated carbocycles. The Morgan fingerprint density at radius 2 is 2.25 bits per heavy atom. The van der Waals surface area contributed by atoms with E-state index in [4.69, 9.17) is 0 Å². The van der Waals surface area contributed by atoms with Crippen molar-refractivity contribution in [2.24, 2.45) is 0 Å². The average Bonchev–Trinajstić information content (AvgIpc) is 2.30. The fourth-order valence-corrected chi connectivity index (χ4v) is 2.07. The molecule has 0 aliphatic carbocycles. The van der Waals surface area contributed by atoms with Crippen LogP contribution in [0, 0.1) is 0 Å². The number of rotatable bonds is 7. The SMILES string of the molecule is CCS(=O)(=O)CCCNCc1ccncn1. The van der Waals surface area contributed by atoms with Crippen molar-refractivity contribution in [3.05, 3.63) is 24.3 Å². The van der Waals surface area contributed by atoms with Crippen LogP contribution in [0.15, 0.2) is 18.6 Å². The molecule has 0 fully saturated rings. The molecule has 0 bridgehead atoms. The van der Waals surface area contributed by atoms with E-state index in [-0.39, 0.29) is 11.5 Å². The minimum Gasteiger partial charge on any atom is -0.311 e. The van der Waals surface area contributed by atoms with Gasteiger partial charge in [0.05, 0.1) is 11.4 Å². The molecule has 1 heterocycles. The monoisotopic (exact) mass is 243 g/mol. The molecule has 1 N–H and O–H groups in total. The topological polar surface area (TPSA) is 72.0 Å². The van der Waals surface area contributed by atoms with Crippen molar-refractivity contribution in [3.63, 3.8) is 0 Å². The summed E-state index contributed by atoms with van der Waals surface area (Å²) in [6.45, 7) is 3.00. The van der Waals surface area contributed by atoms with Crippen LogP contribution < -0.4 is 5.32 Å². The van der Waals surface area contributed by atoms with Gasteiger partial charge in [-0.1, -0.05) is 6.92 Å². The molecule has 0 aliphatic rings. The second-order valence-corrected chi connectivity index (χ2v) is 5.94. The van der Waals surface area contributed by atoms with E-state index in [1.807, 2.05) is 6.07 Å². The van der Waals surface area contributed by atoms with Gasteiger partial charge in [0.1, 0.15) is 16.2 Å². The van der Waals surface area contributed by atoms with Crippen molar-refractivity contribution in [1.29, 1.82) is 0 Å². The Morgan fingerprint density at radius 3 is 2.88 bits per heavy atom. The maximum Gasteiger partial charge on any atom is 0.150 e. The number of hydrogen-bond donors (Lipinski definition) is 1. The predicted octanol–water partition coefficient (Wildman–Crippen LogP) is 0.391. The Balaban J connectivity index is 2.14. The standard InChI is InChI=1S/C10H17N3O2S/c1-2-16(14,15)7-3-5-11-8-10-4-6-12-9-13-10/h4,6,9,11H,2-3,5,7-8H2,1H3. The molecule has 90 valence electrons. The van der Waals surface area contributed by atoms with Gasteiger partial charge >= 0.3 is 0 Å². The molecule has 0 saturated heterocycles. The van der Waals surface area contributed by atoms with Gasteiger partial charge in [-0.25, -0.2) is 18.4 Å². The lowest BCUT2D eigenvalue weighted by molar-refractivity contribution is 0.589. The smallest absolute Gasteiger partial charge is 0.150 e. The minimum atomic E-state index is -2.83. The second-order valence-electron chi connectivity index (χ2n) is 3.47. The van der Waals surface area contributed by atoms with E-state index in [1.54, 1.807) is 13.1 Å². The fraction of sp³-hybridized carbons (Fsp3) is 0.600. The quantitative estimate of drug-likeness (QED) is 0.701. The Morgan fingerprint density at radius 1 is 1.44 bits per heavy atom. The van der Waals surface area contributed by atoms with Crippen LogP contribution in [-0.2, 0) is 16.4 Å². The van der Waals surface area contributed by atoms with E-state index in [1.165, 1.54) is 6.33 Å². The van der Waals surface area contributed by atoms with E-state index in [0.29, 0.717) is 19.5 Å². The van der Waals surface area contributed by atoms with Gasteiger partial charge in [-0.15, -0.1) is 0 Å². The first-order chi connectivity index (χ1) is 7.64. The predicted molar refractivity (Wildman–Crippen MR) is 62.7 cm³/mol. The molecular formula is C10H17N3O2S. The van der Waals surface area contributed by atoms with Gasteiger partial charge in [-0.2, -0.15) is 0 Å². The highest BCUT2D eigenvalue weighted by Gasteiger charge is 2.05. The summed E-state index contributed by atoms with van der Waals surface area (Å²) in [6, 6.07) is 1.83. The van der Waals surface area contributed by atoms with Crippen LogP contribution in [-0.4, -0.2) is 36.4 Å². The number of sulfone groups is 1. The summed E-state index contributed by atoms with van der Waals surface area (Å²) in [6.07, 6.45) is 3.82. The van der Waals surface area contributed by atoms with Gasteiger partial charge in [0.25, 0.3) is 0 Å². The molecule has 0 amide bonds. The third-order valence-corrected chi connectivity index (χ3v) is 3.99. The number of hydrogen-bond acceptors (Lipinski definition) is 5. The molecule has 0 atom stereocenters. The van der Waals surface area contributed by atoms with E-state index >= 15 is 0 Å². The Labute approximate surface area is 96.2 Å². The third kappa shape index (κ3) is 5.18. The Bertz CT molecular complexity index is 392. The van der Waals surface area contributed by atoms with Crippen LogP contribution in [0.4, 0.5) is 0 Å². The van der Waals surface area contributed by atoms with Crippen LogP contribution >= 0.6 is 0 Å². The molecule has 1 rings (SSSR count). The first kappa shape index (κ1) is 13.1. The maximum atomic E-state index is 11.2. The highest BCUT2D eigenvalue weighted by molar-refractivity contribution is 7.91. The van der Waals surface area contributed by atoms with E-state index in [0.717, 1.165) is 5.69 Å². The Kier molecular flexibility index (Phi) is 5.34. The van der Waals surface area contributed by atoms with Crippen molar-refractivity contribution >= 4 is 9.84 Å². The number of aromatic nitrogens is 2. The molecule has 0 unspecified atom stereocenters. The zero-order chi connectivity index (χ0) is 11.9. The lowest BCUT2D eigenvalue weighted by atomic mass is 10.4. The van der Waals surface area contributed by atoms with Gasteiger partial charge < -0.3 is 5.32 Å². The van der Waals surface area contributed by atoms with Crippen molar-refractivity contribution in [2.75, 3.05) is 18.1 Å². The van der Waals surface area contributed by atoms with Crippen molar-refractivity contribution < 1.29 is 8.42 Å². The average molecular weight is 243 g/mol. The largest absolute Gasteiger partial charge is 0.311 e. The number of nitrogens with one attached hydrogen (secondary N) is 1. The summed E-state index contributed by atoms with van der Waals surface area (Å²) in [5.74, 6) is 0.471. The first-order valence-corrected chi connectivity index (χ1v) is 7.12. The lowest BCUT2D eigenvalue weighted by Crippen LogP contribution is -2.19. The first-order valence-electron chi connectivity index (χ1n) is 5.30. The Hall–Kier alpha value is -1.01. The molecule has 0 aliphatic heterocycles. The summed E-state index contributed by atoms with van der Waals surface area (Å²) in [7, 11) is -2.83. The molecule has 6 heteroatoms. The summed E-state index contributed by atoms with van der Waals surface area (Å²) in [5, 5.41) is 3.14. The highest BCUT2D eigenvalue weighted by atomic mass is 32.2. The van der Waals surface area contributed by atoms with Crippen LogP contribution in [0.2, 0.25) is 0 Å². The van der Waals surface area contributed by atoms with Gasteiger partial charge in [-0.3, -0.25) is 0 Å². The van der Waals surface area contributed by atoms with Crippen LogP contribution in [0.3, 0.4) is 0 Å². The van der Waals surface area contributed by atoms with E-state index < -0.39 is 9.84 Å². The molecule has 0 spiro atoms. The summed E-state index contributed by atoms with van der Waals surface area (Å²) < 4.78 is 22.4. The zero-order valence-corrected chi connectivity index (χ0v) is 10.2. The van der Waals surface area contributed by atoms with Crippen molar-refractivity contribution in [1.82, 2.24) is 15.3 Å². The molecule has 1 aromatic heterocycles. The maximum absolute atomic E-state index is 11.2. The van der Waals surface area contributed by atoms with Crippen LogP contribution in [0.1, 0.15) is 19.0 Å². The summed E-state index contributed by atoms with van der Waals surface area (Å²) >= 11 is 0. The number of nitrogens with zero attached hydrogens (tertiary/aromatic N) is 2. The molecule has 5 nitrogen and oxygen atoms in total. The lowest BCUT2D eigenvalue weighted by Gasteiger charge is -2.04. The molecule has 0 aromatic carbocycles. The summed E-state index contributed by atoms with van der Waals surface area (Å²) in [5.41, 5.74) is 0.911. The van der Waals surface area contributed by atoms with Gasteiger partial charge in [0, 0.05) is 18.5 Å². The fourth-order valence-electron chi connectivity index (χ4n) is 1.20. The van der Waals surface area contributed by atoms with Gasteiger partial charge in [0.2, 0.25) is 0 Å². The summed E-state index contributed by atoms with van der Waals surface area (Å²) in [4.78, 5) is 7.86. The minimum absolute atomic E-state index is 0.221. The van der Waals surface area contributed by atoms with Crippen molar-refractivity contribution in [2.45, 2.75) is 19.9 Å². The third-order valence-electron chi connectivity index (χ3n) is 2.20. The van der Waals surface area contributed by atoms with Crippen LogP contribution in [0.25, 0.3) is 0 Å².